The Morgan fingerprint density at radius 2 is 1.59 bits per heavy atom. The summed E-state index contributed by atoms with van der Waals surface area (Å²) in [7, 11) is -7.25. The van der Waals surface area contributed by atoms with Crippen molar-refractivity contribution in [1.29, 1.82) is 0 Å². The molecule has 0 aliphatic carbocycles. The molecule has 29 heavy (non-hydrogen) atoms. The van der Waals surface area contributed by atoms with E-state index < -0.39 is 25.8 Å². The van der Waals surface area contributed by atoms with Crippen LogP contribution in [0.1, 0.15) is 6.42 Å². The average Bonchev–Trinajstić information content (AvgIpc) is 2.74. The molecule has 1 amide bonds. The Bertz CT molecular complexity index is 1060. The van der Waals surface area contributed by atoms with Crippen molar-refractivity contribution in [3.8, 4) is 0 Å². The zero-order chi connectivity index (χ0) is 20.9. The first-order chi connectivity index (χ1) is 13.8. The van der Waals surface area contributed by atoms with Crippen molar-refractivity contribution in [2.75, 3.05) is 37.4 Å². The number of sulfone groups is 1. The first-order valence-corrected chi connectivity index (χ1v) is 12.1. The van der Waals surface area contributed by atoms with E-state index in [2.05, 4.69) is 5.32 Å². The smallest absolute Gasteiger partial charge is 0.243 e. The summed E-state index contributed by atoms with van der Waals surface area (Å²) >= 11 is 0. The first-order valence-electron chi connectivity index (χ1n) is 9.05. The van der Waals surface area contributed by atoms with Crippen LogP contribution in [0, 0.1) is 0 Å². The highest BCUT2D eigenvalue weighted by Gasteiger charge is 2.26. The van der Waals surface area contributed by atoms with E-state index in [1.54, 1.807) is 24.3 Å². The van der Waals surface area contributed by atoms with Gasteiger partial charge in [-0.2, -0.15) is 4.31 Å². The van der Waals surface area contributed by atoms with E-state index in [-0.39, 0.29) is 35.1 Å². The average molecular weight is 439 g/mol. The number of amides is 1. The fraction of sp³-hybridized carbons (Fsp3) is 0.316. The number of rotatable bonds is 7. The molecule has 1 saturated heterocycles. The third-order valence-corrected chi connectivity index (χ3v) is 8.05. The predicted molar refractivity (Wildman–Crippen MR) is 108 cm³/mol. The van der Waals surface area contributed by atoms with Crippen molar-refractivity contribution in [3.63, 3.8) is 0 Å². The minimum Gasteiger partial charge on any atom is -0.379 e. The normalized spacial score (nSPS) is 15.7. The molecular weight excluding hydrogens is 416 g/mol. The number of nitrogens with one attached hydrogen (secondary N) is 1. The SMILES string of the molecule is O=C(CCS(=O)(=O)c1ccccc1)Nc1cccc(S(=O)(=O)N2CCOCC2)c1. The van der Waals surface area contributed by atoms with Gasteiger partial charge in [-0.15, -0.1) is 0 Å². The van der Waals surface area contributed by atoms with Crippen LogP contribution in [0.2, 0.25) is 0 Å². The van der Waals surface area contributed by atoms with Crippen LogP contribution in [0.3, 0.4) is 0 Å². The maximum absolute atomic E-state index is 12.7. The van der Waals surface area contributed by atoms with Crippen molar-refractivity contribution in [2.45, 2.75) is 16.2 Å². The zero-order valence-electron chi connectivity index (χ0n) is 15.7. The predicted octanol–water partition coefficient (Wildman–Crippen LogP) is 1.51. The number of nitrogens with zero attached hydrogens (tertiary/aromatic N) is 1. The summed E-state index contributed by atoms with van der Waals surface area (Å²) < 4.78 is 56.5. The molecule has 0 aromatic heterocycles. The summed E-state index contributed by atoms with van der Waals surface area (Å²) in [5, 5.41) is 2.57. The summed E-state index contributed by atoms with van der Waals surface area (Å²) in [5.41, 5.74) is 0.293. The molecule has 1 N–H and O–H groups in total. The second kappa shape index (κ2) is 9.04. The van der Waals surface area contributed by atoms with Gasteiger partial charge in [0.25, 0.3) is 0 Å². The maximum Gasteiger partial charge on any atom is 0.243 e. The van der Waals surface area contributed by atoms with Crippen molar-refractivity contribution in [3.05, 3.63) is 54.6 Å². The standard InChI is InChI=1S/C19H22N2O6S2/c22-19(9-14-28(23,24)17-6-2-1-3-7-17)20-16-5-4-8-18(15-16)29(25,26)21-10-12-27-13-11-21/h1-8,15H,9-14H2,(H,20,22). The second-order valence-corrected chi connectivity index (χ2v) is 10.5. The Labute approximate surface area is 170 Å². The lowest BCUT2D eigenvalue weighted by Crippen LogP contribution is -2.40. The van der Waals surface area contributed by atoms with Gasteiger partial charge >= 0.3 is 0 Å². The minimum absolute atomic E-state index is 0.0640. The van der Waals surface area contributed by atoms with Crippen molar-refractivity contribution >= 4 is 31.5 Å². The number of benzene rings is 2. The third-order valence-electron chi connectivity index (χ3n) is 4.43. The first kappa shape index (κ1) is 21.4. The third kappa shape index (κ3) is 5.41. The number of carbonyl (C=O) groups is 1. The highest BCUT2D eigenvalue weighted by atomic mass is 32.2. The number of hydrogen-bond donors (Lipinski definition) is 1. The number of sulfonamides is 1. The van der Waals surface area contributed by atoms with Crippen molar-refractivity contribution in [1.82, 2.24) is 4.31 Å². The minimum atomic E-state index is -3.69. The van der Waals surface area contributed by atoms with Crippen LogP contribution < -0.4 is 5.32 Å². The van der Waals surface area contributed by atoms with E-state index in [0.29, 0.717) is 18.9 Å². The topological polar surface area (TPSA) is 110 Å². The van der Waals surface area contributed by atoms with Gasteiger partial charge in [0, 0.05) is 25.2 Å². The molecule has 0 atom stereocenters. The monoisotopic (exact) mass is 438 g/mol. The fourth-order valence-electron chi connectivity index (χ4n) is 2.87. The van der Waals surface area contributed by atoms with Gasteiger partial charge in [-0.25, -0.2) is 16.8 Å². The van der Waals surface area contributed by atoms with E-state index >= 15 is 0 Å². The van der Waals surface area contributed by atoms with Crippen molar-refractivity contribution < 1.29 is 26.4 Å². The molecule has 0 bridgehead atoms. The molecule has 10 heteroatoms. The molecule has 0 saturated carbocycles. The Kier molecular flexibility index (Phi) is 6.68. The number of anilines is 1. The van der Waals surface area contributed by atoms with E-state index in [4.69, 9.17) is 4.74 Å². The van der Waals surface area contributed by atoms with E-state index in [1.165, 1.54) is 34.6 Å². The van der Waals surface area contributed by atoms with E-state index in [0.717, 1.165) is 0 Å². The van der Waals surface area contributed by atoms with Crippen LogP contribution >= 0.6 is 0 Å². The van der Waals surface area contributed by atoms with Crippen LogP contribution in [0.4, 0.5) is 5.69 Å². The molecule has 1 heterocycles. The van der Waals surface area contributed by atoms with Crippen LogP contribution in [0.5, 0.6) is 0 Å². The number of ether oxygens (including phenoxy) is 1. The molecule has 1 fully saturated rings. The lowest BCUT2D eigenvalue weighted by atomic mass is 10.3. The summed E-state index contributed by atoms with van der Waals surface area (Å²) in [6.45, 7) is 1.23. The number of carbonyl (C=O) groups excluding carboxylic acids is 1. The Morgan fingerprint density at radius 1 is 0.931 bits per heavy atom. The summed E-state index contributed by atoms with van der Waals surface area (Å²) in [6.07, 6.45) is -0.238. The highest BCUT2D eigenvalue weighted by molar-refractivity contribution is 7.91. The Morgan fingerprint density at radius 3 is 2.28 bits per heavy atom. The van der Waals surface area contributed by atoms with Gasteiger partial charge in [0.1, 0.15) is 0 Å². The lowest BCUT2D eigenvalue weighted by Gasteiger charge is -2.26. The second-order valence-electron chi connectivity index (χ2n) is 6.47. The molecule has 2 aromatic carbocycles. The number of hydrogen-bond acceptors (Lipinski definition) is 6. The molecule has 2 aromatic rings. The quantitative estimate of drug-likeness (QED) is 0.702. The van der Waals surface area contributed by atoms with Crippen LogP contribution in [0.15, 0.2) is 64.4 Å². The van der Waals surface area contributed by atoms with Gasteiger partial charge in [0.15, 0.2) is 9.84 Å². The molecule has 156 valence electrons. The molecular formula is C19H22N2O6S2. The number of morpholine rings is 1. The molecule has 0 radical (unpaired) electrons. The van der Waals surface area contributed by atoms with Gasteiger partial charge in [-0.1, -0.05) is 24.3 Å². The van der Waals surface area contributed by atoms with E-state index in [1.807, 2.05) is 0 Å². The largest absolute Gasteiger partial charge is 0.379 e. The molecule has 0 spiro atoms. The summed E-state index contributed by atoms with van der Waals surface area (Å²) in [4.78, 5) is 12.4. The molecule has 1 aliphatic rings. The molecule has 0 unspecified atom stereocenters. The van der Waals surface area contributed by atoms with Crippen molar-refractivity contribution in [2.24, 2.45) is 0 Å². The Balaban J connectivity index is 1.65. The lowest BCUT2D eigenvalue weighted by molar-refractivity contribution is -0.115. The molecule has 1 aliphatic heterocycles. The van der Waals surface area contributed by atoms with Gasteiger partial charge in [-0.3, -0.25) is 4.79 Å². The van der Waals surface area contributed by atoms with Crippen LogP contribution in [0.25, 0.3) is 0 Å². The Hall–Kier alpha value is -2.27. The van der Waals surface area contributed by atoms with E-state index in [9.17, 15) is 21.6 Å². The highest BCUT2D eigenvalue weighted by Crippen LogP contribution is 2.21. The van der Waals surface area contributed by atoms with Crippen LogP contribution in [-0.4, -0.2) is 59.1 Å². The van der Waals surface area contributed by atoms with Gasteiger partial charge < -0.3 is 10.1 Å². The molecule has 8 nitrogen and oxygen atoms in total. The van der Waals surface area contributed by atoms with Crippen LogP contribution in [-0.2, 0) is 29.4 Å². The van der Waals surface area contributed by atoms with Gasteiger partial charge in [0.2, 0.25) is 15.9 Å². The van der Waals surface area contributed by atoms with Gasteiger partial charge in [-0.05, 0) is 30.3 Å². The maximum atomic E-state index is 12.7. The fourth-order valence-corrected chi connectivity index (χ4v) is 5.58. The summed E-state index contributed by atoms with van der Waals surface area (Å²) in [6, 6.07) is 13.8. The molecule has 3 rings (SSSR count). The zero-order valence-corrected chi connectivity index (χ0v) is 17.3. The van der Waals surface area contributed by atoms with Gasteiger partial charge in [0.05, 0.1) is 28.8 Å². The summed E-state index contributed by atoms with van der Waals surface area (Å²) in [5.74, 6) is -0.848.